The zero-order valence-corrected chi connectivity index (χ0v) is 11.9. The van der Waals surface area contributed by atoms with E-state index in [2.05, 4.69) is 0 Å². The van der Waals surface area contributed by atoms with E-state index in [-0.39, 0.29) is 29.6 Å². The van der Waals surface area contributed by atoms with Gasteiger partial charge in [0.25, 0.3) is 0 Å². The number of hydrogen-bond acceptors (Lipinski definition) is 2. The van der Waals surface area contributed by atoms with E-state index in [0.29, 0.717) is 23.6 Å². The molecule has 3 rings (SSSR count). The molecule has 2 aliphatic rings. The van der Waals surface area contributed by atoms with E-state index < -0.39 is 0 Å². The number of benzene rings is 1. The molecule has 1 heterocycles. The summed E-state index contributed by atoms with van der Waals surface area (Å²) in [5.74, 6) is -0.415. The standard InChI is InChI=1S/C15H18ClFN2O/c16-12-4-1-5-13(17)14(12)10-7-11(10)15(20)19-6-2-3-9(18)8-19/h1,4-5,9-11H,2-3,6-8,18H2/t9-,10+,11+/m1/s1. The van der Waals surface area contributed by atoms with Gasteiger partial charge in [-0.15, -0.1) is 0 Å². The molecular formula is C15H18ClFN2O. The highest BCUT2D eigenvalue weighted by Crippen LogP contribution is 2.51. The van der Waals surface area contributed by atoms with E-state index >= 15 is 0 Å². The van der Waals surface area contributed by atoms with Crippen LogP contribution in [0.3, 0.4) is 0 Å². The van der Waals surface area contributed by atoms with Gasteiger partial charge in [-0.25, -0.2) is 4.39 Å². The molecule has 108 valence electrons. The summed E-state index contributed by atoms with van der Waals surface area (Å²) in [6.07, 6.45) is 2.60. The van der Waals surface area contributed by atoms with Crippen molar-refractivity contribution in [1.82, 2.24) is 4.90 Å². The molecule has 20 heavy (non-hydrogen) atoms. The highest BCUT2D eigenvalue weighted by atomic mass is 35.5. The minimum atomic E-state index is -0.312. The lowest BCUT2D eigenvalue weighted by Gasteiger charge is -2.31. The van der Waals surface area contributed by atoms with Crippen LogP contribution in [0.5, 0.6) is 0 Å². The minimum absolute atomic E-state index is 0.0712. The number of likely N-dealkylation sites (tertiary alicyclic amines) is 1. The van der Waals surface area contributed by atoms with Crippen molar-refractivity contribution in [3.63, 3.8) is 0 Å². The summed E-state index contributed by atoms with van der Waals surface area (Å²) in [4.78, 5) is 14.2. The Kier molecular flexibility index (Phi) is 3.69. The van der Waals surface area contributed by atoms with Gasteiger partial charge in [0.2, 0.25) is 5.91 Å². The zero-order valence-electron chi connectivity index (χ0n) is 11.2. The molecule has 0 radical (unpaired) electrons. The second-order valence-electron chi connectivity index (χ2n) is 5.77. The fourth-order valence-electron chi connectivity index (χ4n) is 3.10. The number of carbonyl (C=O) groups excluding carboxylic acids is 1. The van der Waals surface area contributed by atoms with Gasteiger partial charge < -0.3 is 10.6 Å². The number of nitrogens with zero attached hydrogens (tertiary/aromatic N) is 1. The van der Waals surface area contributed by atoms with Crippen molar-refractivity contribution in [1.29, 1.82) is 0 Å². The number of amides is 1. The Morgan fingerprint density at radius 3 is 2.95 bits per heavy atom. The van der Waals surface area contributed by atoms with Crippen molar-refractivity contribution in [3.8, 4) is 0 Å². The summed E-state index contributed by atoms with van der Waals surface area (Å²) in [7, 11) is 0. The second-order valence-corrected chi connectivity index (χ2v) is 6.18. The van der Waals surface area contributed by atoms with Gasteiger partial charge >= 0.3 is 0 Å². The summed E-state index contributed by atoms with van der Waals surface area (Å²) in [6, 6.07) is 4.74. The quantitative estimate of drug-likeness (QED) is 0.911. The van der Waals surface area contributed by atoms with Crippen molar-refractivity contribution in [3.05, 3.63) is 34.6 Å². The van der Waals surface area contributed by atoms with Gasteiger partial charge in [-0.2, -0.15) is 0 Å². The van der Waals surface area contributed by atoms with Crippen LogP contribution >= 0.6 is 11.6 Å². The molecule has 1 amide bonds. The molecule has 1 aliphatic carbocycles. The maximum atomic E-state index is 13.9. The monoisotopic (exact) mass is 296 g/mol. The molecule has 1 aromatic carbocycles. The van der Waals surface area contributed by atoms with Crippen LogP contribution in [-0.4, -0.2) is 29.9 Å². The molecule has 3 atom stereocenters. The lowest BCUT2D eigenvalue weighted by Crippen LogP contribution is -2.46. The molecular weight excluding hydrogens is 279 g/mol. The van der Waals surface area contributed by atoms with E-state index in [4.69, 9.17) is 17.3 Å². The Labute approximate surface area is 122 Å². The van der Waals surface area contributed by atoms with Gasteiger partial charge in [0.1, 0.15) is 5.82 Å². The van der Waals surface area contributed by atoms with Crippen LogP contribution in [0.15, 0.2) is 18.2 Å². The maximum Gasteiger partial charge on any atom is 0.226 e. The normalized spacial score (nSPS) is 29.4. The van der Waals surface area contributed by atoms with E-state index in [9.17, 15) is 9.18 Å². The van der Waals surface area contributed by atoms with Crippen molar-refractivity contribution < 1.29 is 9.18 Å². The predicted octanol–water partition coefficient (Wildman–Crippen LogP) is 2.53. The smallest absolute Gasteiger partial charge is 0.226 e. The number of halogens is 2. The minimum Gasteiger partial charge on any atom is -0.341 e. The summed E-state index contributed by atoms with van der Waals surface area (Å²) in [5.41, 5.74) is 6.40. The van der Waals surface area contributed by atoms with Gasteiger partial charge in [0.15, 0.2) is 0 Å². The van der Waals surface area contributed by atoms with E-state index in [1.54, 1.807) is 12.1 Å². The summed E-state index contributed by atoms with van der Waals surface area (Å²) < 4.78 is 13.9. The molecule has 1 saturated heterocycles. The summed E-state index contributed by atoms with van der Waals surface area (Å²) in [6.45, 7) is 1.38. The van der Waals surface area contributed by atoms with Crippen molar-refractivity contribution in [2.24, 2.45) is 11.7 Å². The average Bonchev–Trinajstić information content (AvgIpc) is 3.18. The van der Waals surface area contributed by atoms with Crippen LogP contribution in [0.1, 0.15) is 30.7 Å². The number of piperidine rings is 1. The molecule has 1 aromatic rings. The van der Waals surface area contributed by atoms with Crippen LogP contribution in [0.2, 0.25) is 5.02 Å². The molecule has 2 fully saturated rings. The Morgan fingerprint density at radius 2 is 2.25 bits per heavy atom. The first-order valence-electron chi connectivity index (χ1n) is 7.06. The summed E-state index contributed by atoms with van der Waals surface area (Å²) in [5, 5.41) is 0.417. The number of nitrogens with two attached hydrogens (primary N) is 1. The Morgan fingerprint density at radius 1 is 1.45 bits per heavy atom. The zero-order chi connectivity index (χ0) is 14.3. The van der Waals surface area contributed by atoms with Gasteiger partial charge in [-0.3, -0.25) is 4.79 Å². The molecule has 5 heteroatoms. The van der Waals surface area contributed by atoms with E-state index in [1.807, 2.05) is 4.90 Å². The third-order valence-electron chi connectivity index (χ3n) is 4.25. The number of carbonyl (C=O) groups is 1. The van der Waals surface area contributed by atoms with Crippen LogP contribution < -0.4 is 5.73 Å². The molecule has 0 bridgehead atoms. The molecule has 3 nitrogen and oxygen atoms in total. The average molecular weight is 297 g/mol. The molecule has 1 aliphatic heterocycles. The first-order valence-corrected chi connectivity index (χ1v) is 7.44. The fraction of sp³-hybridized carbons (Fsp3) is 0.533. The molecule has 0 spiro atoms. The van der Waals surface area contributed by atoms with E-state index in [0.717, 1.165) is 19.4 Å². The largest absolute Gasteiger partial charge is 0.341 e. The predicted molar refractivity (Wildman–Crippen MR) is 76.0 cm³/mol. The SMILES string of the molecule is N[C@@H]1CCCN(C(=O)[C@H]2C[C@@H]2c2c(F)cccc2Cl)C1. The molecule has 2 N–H and O–H groups in total. The van der Waals surface area contributed by atoms with Crippen LogP contribution in [0, 0.1) is 11.7 Å². The number of hydrogen-bond donors (Lipinski definition) is 1. The Hall–Kier alpha value is -1.13. The van der Waals surface area contributed by atoms with Gasteiger partial charge in [0, 0.05) is 41.6 Å². The first kappa shape index (κ1) is 13.8. The topological polar surface area (TPSA) is 46.3 Å². The second kappa shape index (κ2) is 5.34. The number of rotatable bonds is 2. The highest BCUT2D eigenvalue weighted by Gasteiger charge is 2.48. The van der Waals surface area contributed by atoms with Crippen molar-refractivity contribution in [2.45, 2.75) is 31.2 Å². The van der Waals surface area contributed by atoms with Crippen LogP contribution in [-0.2, 0) is 4.79 Å². The highest BCUT2D eigenvalue weighted by molar-refractivity contribution is 6.31. The maximum absolute atomic E-state index is 13.9. The lowest BCUT2D eigenvalue weighted by molar-refractivity contribution is -0.133. The van der Waals surface area contributed by atoms with Crippen LogP contribution in [0.25, 0.3) is 0 Å². The van der Waals surface area contributed by atoms with Crippen LogP contribution in [0.4, 0.5) is 4.39 Å². The third kappa shape index (κ3) is 2.54. The molecule has 0 aromatic heterocycles. The Bertz CT molecular complexity index is 516. The summed E-state index contributed by atoms with van der Waals surface area (Å²) >= 11 is 6.06. The van der Waals surface area contributed by atoms with Crippen molar-refractivity contribution in [2.75, 3.05) is 13.1 Å². The van der Waals surface area contributed by atoms with Gasteiger partial charge in [-0.1, -0.05) is 17.7 Å². The Balaban J connectivity index is 1.71. The molecule has 0 unspecified atom stereocenters. The third-order valence-corrected chi connectivity index (χ3v) is 4.58. The fourth-order valence-corrected chi connectivity index (χ4v) is 3.40. The lowest BCUT2D eigenvalue weighted by atomic mass is 10.0. The van der Waals surface area contributed by atoms with Crippen molar-refractivity contribution >= 4 is 17.5 Å². The van der Waals surface area contributed by atoms with E-state index in [1.165, 1.54) is 6.07 Å². The molecule has 1 saturated carbocycles. The van der Waals surface area contributed by atoms with Gasteiger partial charge in [0.05, 0.1) is 0 Å². The first-order chi connectivity index (χ1) is 9.58. The van der Waals surface area contributed by atoms with Gasteiger partial charge in [-0.05, 0) is 31.4 Å².